The number of hydrogen-bond acceptors (Lipinski definition) is 3. The maximum Gasteiger partial charge on any atom is 0.0696 e. The lowest BCUT2D eigenvalue weighted by Gasteiger charge is -2.38. The van der Waals surface area contributed by atoms with Crippen LogP contribution in [0, 0.1) is 11.8 Å². The molecule has 0 aromatic carbocycles. The van der Waals surface area contributed by atoms with Crippen molar-refractivity contribution in [2.75, 3.05) is 26.7 Å². The molecule has 2 aliphatic rings. The summed E-state index contributed by atoms with van der Waals surface area (Å²) in [6.07, 6.45) is 7.50. The van der Waals surface area contributed by atoms with E-state index in [4.69, 9.17) is 23.2 Å². The van der Waals surface area contributed by atoms with Crippen LogP contribution in [-0.4, -0.2) is 59.1 Å². The molecular formula is C19H36Cl2N2O. The Hall–Kier alpha value is 0.460. The first-order valence-electron chi connectivity index (χ1n) is 9.74. The minimum atomic E-state index is -0.231. The molecule has 1 aliphatic heterocycles. The van der Waals surface area contributed by atoms with Gasteiger partial charge in [0.15, 0.2) is 0 Å². The SMILES string of the molecule is CCC1C[C@@H](C(O)CN(C)CCC2CCC(C)(Cl)C(Cl)C2)CCN1. The van der Waals surface area contributed by atoms with Crippen molar-refractivity contribution in [3.8, 4) is 0 Å². The van der Waals surface area contributed by atoms with Gasteiger partial charge in [-0.25, -0.2) is 0 Å². The van der Waals surface area contributed by atoms with Crippen molar-refractivity contribution in [3.63, 3.8) is 0 Å². The average molecular weight is 379 g/mol. The molecule has 3 nitrogen and oxygen atoms in total. The molecule has 1 heterocycles. The van der Waals surface area contributed by atoms with Gasteiger partial charge in [0.1, 0.15) is 0 Å². The second-order valence-electron chi connectivity index (χ2n) is 8.35. The lowest BCUT2D eigenvalue weighted by molar-refractivity contribution is 0.0478. The van der Waals surface area contributed by atoms with Crippen molar-refractivity contribution in [3.05, 3.63) is 0 Å². The van der Waals surface area contributed by atoms with Crippen LogP contribution in [0.15, 0.2) is 0 Å². The van der Waals surface area contributed by atoms with Crippen LogP contribution in [0.2, 0.25) is 0 Å². The smallest absolute Gasteiger partial charge is 0.0696 e. The van der Waals surface area contributed by atoms with Gasteiger partial charge in [-0.05, 0) is 83.8 Å². The van der Waals surface area contributed by atoms with Crippen LogP contribution in [0.1, 0.15) is 58.8 Å². The number of hydrogen-bond donors (Lipinski definition) is 2. The van der Waals surface area contributed by atoms with E-state index in [1.54, 1.807) is 0 Å². The zero-order chi connectivity index (χ0) is 17.7. The molecular weight excluding hydrogens is 343 g/mol. The zero-order valence-corrected chi connectivity index (χ0v) is 17.1. The third kappa shape index (κ3) is 6.02. The fraction of sp³-hybridized carbons (Fsp3) is 1.00. The van der Waals surface area contributed by atoms with Crippen LogP contribution < -0.4 is 5.32 Å². The number of likely N-dealkylation sites (N-methyl/N-ethyl adjacent to an activating group) is 1. The monoisotopic (exact) mass is 378 g/mol. The summed E-state index contributed by atoms with van der Waals surface area (Å²) in [5, 5.41) is 14.2. The van der Waals surface area contributed by atoms with E-state index in [2.05, 4.69) is 31.1 Å². The second kappa shape index (κ2) is 9.41. The quantitative estimate of drug-likeness (QED) is 0.660. The van der Waals surface area contributed by atoms with Gasteiger partial charge in [-0.3, -0.25) is 0 Å². The predicted molar refractivity (Wildman–Crippen MR) is 104 cm³/mol. The molecule has 6 atom stereocenters. The number of aliphatic hydroxyl groups excluding tert-OH is 1. The number of nitrogens with one attached hydrogen (secondary N) is 1. The van der Waals surface area contributed by atoms with Gasteiger partial charge in [0.2, 0.25) is 0 Å². The van der Waals surface area contributed by atoms with Crippen molar-refractivity contribution in [2.45, 2.75) is 81.2 Å². The van der Waals surface area contributed by atoms with E-state index in [1.165, 1.54) is 6.42 Å². The highest BCUT2D eigenvalue weighted by molar-refractivity contribution is 6.32. The summed E-state index contributed by atoms with van der Waals surface area (Å²) in [7, 11) is 2.13. The van der Waals surface area contributed by atoms with Crippen molar-refractivity contribution >= 4 is 23.2 Å². The van der Waals surface area contributed by atoms with E-state index in [-0.39, 0.29) is 16.4 Å². The first-order valence-corrected chi connectivity index (χ1v) is 10.6. The molecule has 0 bridgehead atoms. The molecule has 2 N–H and O–H groups in total. The Morgan fingerprint density at radius 3 is 2.75 bits per heavy atom. The van der Waals surface area contributed by atoms with E-state index < -0.39 is 0 Å². The van der Waals surface area contributed by atoms with Crippen molar-refractivity contribution < 1.29 is 5.11 Å². The predicted octanol–water partition coefficient (Wildman–Crippen LogP) is 3.85. The lowest BCUT2D eigenvalue weighted by atomic mass is 9.80. The Bertz CT molecular complexity index is 380. The summed E-state index contributed by atoms with van der Waals surface area (Å²) in [6, 6.07) is 0.580. The van der Waals surface area contributed by atoms with Gasteiger partial charge in [0, 0.05) is 12.6 Å². The molecule has 142 valence electrons. The third-order valence-electron chi connectivity index (χ3n) is 6.22. The molecule has 0 amide bonds. The molecule has 24 heavy (non-hydrogen) atoms. The largest absolute Gasteiger partial charge is 0.392 e. The number of halogens is 2. The first kappa shape index (κ1) is 20.8. The third-order valence-corrected chi connectivity index (χ3v) is 7.45. The summed E-state index contributed by atoms with van der Waals surface area (Å²) < 4.78 is 0. The van der Waals surface area contributed by atoms with Gasteiger partial charge in [-0.1, -0.05) is 6.92 Å². The van der Waals surface area contributed by atoms with Crippen molar-refractivity contribution in [1.29, 1.82) is 0 Å². The van der Waals surface area contributed by atoms with Crippen LogP contribution in [0.3, 0.4) is 0 Å². The molecule has 0 aromatic rings. The molecule has 5 heteroatoms. The van der Waals surface area contributed by atoms with Crippen LogP contribution in [0.4, 0.5) is 0 Å². The Morgan fingerprint density at radius 2 is 2.08 bits per heavy atom. The second-order valence-corrected chi connectivity index (χ2v) is 9.74. The zero-order valence-electron chi connectivity index (χ0n) is 15.6. The number of rotatable bonds is 7. The minimum absolute atomic E-state index is 0.0783. The van der Waals surface area contributed by atoms with Crippen LogP contribution in [0.25, 0.3) is 0 Å². The fourth-order valence-electron chi connectivity index (χ4n) is 4.22. The standard InChI is InChI=1S/C19H36Cl2N2O/c1-4-16-12-15(6-9-22-16)17(24)13-23(3)10-7-14-5-8-19(2,21)18(20)11-14/h14-18,22,24H,4-13H2,1-3H3/t14?,15-,16?,17?,18?,19?/m0/s1. The summed E-state index contributed by atoms with van der Waals surface area (Å²) in [6.45, 7) is 7.14. The van der Waals surface area contributed by atoms with E-state index >= 15 is 0 Å². The molecule has 2 rings (SSSR count). The summed E-state index contributed by atoms with van der Waals surface area (Å²) in [5.41, 5.74) is 0. The van der Waals surface area contributed by atoms with Crippen LogP contribution >= 0.6 is 23.2 Å². The molecule has 0 spiro atoms. The fourth-order valence-corrected chi connectivity index (χ4v) is 4.78. The Morgan fingerprint density at radius 1 is 1.33 bits per heavy atom. The van der Waals surface area contributed by atoms with Gasteiger partial charge in [0.05, 0.1) is 16.4 Å². The maximum atomic E-state index is 10.6. The highest BCUT2D eigenvalue weighted by atomic mass is 35.5. The number of nitrogens with zero attached hydrogens (tertiary/aromatic N) is 1. The van der Waals surface area contributed by atoms with Gasteiger partial charge in [0.25, 0.3) is 0 Å². The van der Waals surface area contributed by atoms with E-state index in [0.717, 1.165) is 58.2 Å². The van der Waals surface area contributed by atoms with Gasteiger partial charge in [-0.15, -0.1) is 23.2 Å². The topological polar surface area (TPSA) is 35.5 Å². The number of alkyl halides is 2. The molecule has 0 aromatic heterocycles. The number of piperidine rings is 1. The number of aliphatic hydroxyl groups is 1. The van der Waals surface area contributed by atoms with Gasteiger partial charge >= 0.3 is 0 Å². The van der Waals surface area contributed by atoms with Crippen LogP contribution in [0.5, 0.6) is 0 Å². The normalized spacial score (nSPS) is 39.1. The minimum Gasteiger partial charge on any atom is -0.392 e. The molecule has 1 saturated carbocycles. The molecule has 0 radical (unpaired) electrons. The Labute approximate surface area is 158 Å². The maximum absolute atomic E-state index is 10.6. The van der Waals surface area contributed by atoms with Crippen molar-refractivity contribution in [1.82, 2.24) is 10.2 Å². The van der Waals surface area contributed by atoms with E-state index in [0.29, 0.717) is 17.9 Å². The van der Waals surface area contributed by atoms with Crippen LogP contribution in [-0.2, 0) is 0 Å². The lowest BCUT2D eigenvalue weighted by Crippen LogP contribution is -2.44. The molecule has 1 saturated heterocycles. The average Bonchev–Trinajstić information content (AvgIpc) is 2.56. The van der Waals surface area contributed by atoms with Gasteiger partial charge < -0.3 is 15.3 Å². The molecule has 2 fully saturated rings. The molecule has 1 aliphatic carbocycles. The summed E-state index contributed by atoms with van der Waals surface area (Å²) >= 11 is 12.9. The highest BCUT2D eigenvalue weighted by Gasteiger charge is 2.37. The highest BCUT2D eigenvalue weighted by Crippen LogP contribution is 2.41. The van der Waals surface area contributed by atoms with E-state index in [9.17, 15) is 5.11 Å². The van der Waals surface area contributed by atoms with E-state index in [1.807, 2.05) is 0 Å². The Balaban J connectivity index is 1.68. The van der Waals surface area contributed by atoms with Crippen molar-refractivity contribution in [2.24, 2.45) is 11.8 Å². The summed E-state index contributed by atoms with van der Waals surface area (Å²) in [4.78, 5) is 2.07. The summed E-state index contributed by atoms with van der Waals surface area (Å²) in [5.74, 6) is 1.11. The molecule has 5 unspecified atom stereocenters. The van der Waals surface area contributed by atoms with Gasteiger partial charge in [-0.2, -0.15) is 0 Å². The first-order chi connectivity index (χ1) is 11.3. The Kier molecular flexibility index (Phi) is 8.14.